The van der Waals surface area contributed by atoms with Gasteiger partial charge in [-0.05, 0) is 30.2 Å². The Labute approximate surface area is 154 Å². The van der Waals surface area contributed by atoms with Crippen molar-refractivity contribution in [1.82, 2.24) is 9.80 Å². The first kappa shape index (κ1) is 17.9. The maximum Gasteiger partial charge on any atom is 0.238 e. The quantitative estimate of drug-likeness (QED) is 0.890. The number of carbonyl (C=O) groups is 1. The number of amides is 1. The monoisotopic (exact) mass is 357 g/mol. The average Bonchev–Trinajstić information content (AvgIpc) is 2.61. The molecule has 132 valence electrons. The van der Waals surface area contributed by atoms with E-state index in [4.69, 9.17) is 11.6 Å². The summed E-state index contributed by atoms with van der Waals surface area (Å²) in [5.41, 5.74) is 3.14. The van der Waals surface area contributed by atoms with Crippen LogP contribution in [0.25, 0.3) is 0 Å². The molecule has 3 rings (SSSR count). The molecule has 2 aromatic rings. The Morgan fingerprint density at radius 1 is 1.00 bits per heavy atom. The van der Waals surface area contributed by atoms with E-state index in [-0.39, 0.29) is 5.91 Å². The van der Waals surface area contributed by atoms with Gasteiger partial charge in [0, 0.05) is 43.4 Å². The first-order valence-electron chi connectivity index (χ1n) is 8.65. The SMILES string of the molecule is Cc1ccccc1NC(=O)CN1CCN(Cc2ccccc2Cl)CC1. The zero-order valence-electron chi connectivity index (χ0n) is 14.5. The Bertz CT molecular complexity index is 726. The molecular weight excluding hydrogens is 334 g/mol. The predicted octanol–water partition coefficient (Wildman–Crippen LogP) is 3.40. The van der Waals surface area contributed by atoms with E-state index in [2.05, 4.69) is 21.2 Å². The van der Waals surface area contributed by atoms with E-state index in [1.54, 1.807) is 0 Å². The third kappa shape index (κ3) is 5.05. The van der Waals surface area contributed by atoms with E-state index in [1.807, 2.05) is 49.4 Å². The second-order valence-electron chi connectivity index (χ2n) is 6.51. The van der Waals surface area contributed by atoms with Crippen LogP contribution in [-0.4, -0.2) is 48.4 Å². The maximum absolute atomic E-state index is 12.3. The summed E-state index contributed by atoms with van der Waals surface area (Å²) in [7, 11) is 0. The van der Waals surface area contributed by atoms with E-state index < -0.39 is 0 Å². The predicted molar refractivity (Wildman–Crippen MR) is 103 cm³/mol. The Kier molecular flexibility index (Phi) is 6.08. The lowest BCUT2D eigenvalue weighted by atomic mass is 10.2. The number of piperazine rings is 1. The molecule has 0 atom stereocenters. The average molecular weight is 358 g/mol. The number of aryl methyl sites for hydroxylation is 1. The minimum absolute atomic E-state index is 0.0499. The first-order valence-corrected chi connectivity index (χ1v) is 9.03. The Morgan fingerprint density at radius 3 is 2.36 bits per heavy atom. The molecule has 0 unspecified atom stereocenters. The molecule has 1 heterocycles. The molecule has 0 saturated carbocycles. The van der Waals surface area contributed by atoms with Crippen molar-refractivity contribution in [2.24, 2.45) is 0 Å². The molecule has 25 heavy (non-hydrogen) atoms. The highest BCUT2D eigenvalue weighted by Gasteiger charge is 2.19. The number of anilines is 1. The molecule has 1 N–H and O–H groups in total. The van der Waals surface area contributed by atoms with E-state index in [0.29, 0.717) is 6.54 Å². The summed E-state index contributed by atoms with van der Waals surface area (Å²) in [6.45, 7) is 6.99. The summed E-state index contributed by atoms with van der Waals surface area (Å²) in [4.78, 5) is 16.9. The zero-order chi connectivity index (χ0) is 17.6. The fourth-order valence-electron chi connectivity index (χ4n) is 3.08. The number of hydrogen-bond donors (Lipinski definition) is 1. The lowest BCUT2D eigenvalue weighted by Crippen LogP contribution is -2.48. The van der Waals surface area contributed by atoms with E-state index in [9.17, 15) is 4.79 Å². The van der Waals surface area contributed by atoms with Crippen molar-refractivity contribution >= 4 is 23.2 Å². The maximum atomic E-state index is 12.3. The van der Waals surface area contributed by atoms with Crippen LogP contribution in [0.2, 0.25) is 5.02 Å². The third-order valence-electron chi connectivity index (χ3n) is 4.60. The second kappa shape index (κ2) is 8.48. The van der Waals surface area contributed by atoms with Crippen LogP contribution in [0.15, 0.2) is 48.5 Å². The van der Waals surface area contributed by atoms with Crippen molar-refractivity contribution in [1.29, 1.82) is 0 Å². The summed E-state index contributed by atoms with van der Waals surface area (Å²) in [5, 5.41) is 3.83. The normalized spacial score (nSPS) is 15.9. The van der Waals surface area contributed by atoms with Crippen molar-refractivity contribution in [2.75, 3.05) is 38.0 Å². The van der Waals surface area contributed by atoms with Crippen molar-refractivity contribution in [2.45, 2.75) is 13.5 Å². The smallest absolute Gasteiger partial charge is 0.238 e. The van der Waals surface area contributed by atoms with Gasteiger partial charge in [0.1, 0.15) is 0 Å². The summed E-state index contributed by atoms with van der Waals surface area (Å²) >= 11 is 6.24. The van der Waals surface area contributed by atoms with Gasteiger partial charge in [-0.2, -0.15) is 0 Å². The van der Waals surface area contributed by atoms with Gasteiger partial charge in [0.2, 0.25) is 5.91 Å². The number of hydrogen-bond acceptors (Lipinski definition) is 3. The molecule has 2 aromatic carbocycles. The van der Waals surface area contributed by atoms with Gasteiger partial charge in [-0.15, -0.1) is 0 Å². The molecule has 1 aliphatic heterocycles. The Balaban J connectivity index is 1.45. The largest absolute Gasteiger partial charge is 0.325 e. The zero-order valence-corrected chi connectivity index (χ0v) is 15.3. The van der Waals surface area contributed by atoms with Gasteiger partial charge >= 0.3 is 0 Å². The molecule has 1 saturated heterocycles. The molecule has 5 heteroatoms. The number of carbonyl (C=O) groups excluding carboxylic acids is 1. The standard InChI is InChI=1S/C20H24ClN3O/c1-16-6-2-5-9-19(16)22-20(25)15-24-12-10-23(11-13-24)14-17-7-3-4-8-18(17)21/h2-9H,10-15H2,1H3,(H,22,25). The molecule has 0 spiro atoms. The van der Waals surface area contributed by atoms with Crippen LogP contribution in [0.3, 0.4) is 0 Å². The summed E-state index contributed by atoms with van der Waals surface area (Å²) in [6.07, 6.45) is 0. The molecule has 4 nitrogen and oxygen atoms in total. The lowest BCUT2D eigenvalue weighted by molar-refractivity contribution is -0.117. The second-order valence-corrected chi connectivity index (χ2v) is 6.91. The van der Waals surface area contributed by atoms with Crippen molar-refractivity contribution in [3.05, 3.63) is 64.7 Å². The minimum Gasteiger partial charge on any atom is -0.325 e. The number of nitrogens with one attached hydrogen (secondary N) is 1. The van der Waals surface area contributed by atoms with E-state index >= 15 is 0 Å². The van der Waals surface area contributed by atoms with Crippen LogP contribution in [0, 0.1) is 6.92 Å². The fraction of sp³-hybridized carbons (Fsp3) is 0.350. The molecule has 0 aromatic heterocycles. The van der Waals surface area contributed by atoms with Crippen LogP contribution in [0.1, 0.15) is 11.1 Å². The Morgan fingerprint density at radius 2 is 1.64 bits per heavy atom. The van der Waals surface area contributed by atoms with Gasteiger partial charge in [0.25, 0.3) is 0 Å². The van der Waals surface area contributed by atoms with Gasteiger partial charge in [-0.1, -0.05) is 48.0 Å². The summed E-state index contributed by atoms with van der Waals surface area (Å²) in [6, 6.07) is 15.8. The first-order chi connectivity index (χ1) is 12.1. The highest BCUT2D eigenvalue weighted by Crippen LogP contribution is 2.18. The minimum atomic E-state index is 0.0499. The number of benzene rings is 2. The molecule has 0 bridgehead atoms. The van der Waals surface area contributed by atoms with Crippen molar-refractivity contribution in [3.8, 4) is 0 Å². The summed E-state index contributed by atoms with van der Waals surface area (Å²) < 4.78 is 0. The van der Waals surface area contributed by atoms with Gasteiger partial charge in [0.15, 0.2) is 0 Å². The van der Waals surface area contributed by atoms with Gasteiger partial charge < -0.3 is 5.32 Å². The topological polar surface area (TPSA) is 35.6 Å². The van der Waals surface area contributed by atoms with E-state index in [1.165, 1.54) is 0 Å². The van der Waals surface area contributed by atoms with Crippen molar-refractivity contribution in [3.63, 3.8) is 0 Å². The van der Waals surface area contributed by atoms with E-state index in [0.717, 1.165) is 54.6 Å². The molecule has 0 radical (unpaired) electrons. The molecule has 1 amide bonds. The molecule has 1 aliphatic rings. The van der Waals surface area contributed by atoms with Crippen LogP contribution in [0.5, 0.6) is 0 Å². The third-order valence-corrected chi connectivity index (χ3v) is 4.97. The van der Waals surface area contributed by atoms with Crippen molar-refractivity contribution < 1.29 is 4.79 Å². The molecular formula is C20H24ClN3O. The summed E-state index contributed by atoms with van der Waals surface area (Å²) in [5.74, 6) is 0.0499. The fourth-order valence-corrected chi connectivity index (χ4v) is 3.27. The Hall–Kier alpha value is -1.88. The van der Waals surface area contributed by atoms with Crippen LogP contribution in [-0.2, 0) is 11.3 Å². The number of nitrogens with zero attached hydrogens (tertiary/aromatic N) is 2. The van der Waals surface area contributed by atoms with Gasteiger partial charge in [-0.25, -0.2) is 0 Å². The number of para-hydroxylation sites is 1. The number of rotatable bonds is 5. The highest BCUT2D eigenvalue weighted by molar-refractivity contribution is 6.31. The molecule has 0 aliphatic carbocycles. The van der Waals surface area contributed by atoms with Gasteiger partial charge in [-0.3, -0.25) is 14.6 Å². The number of halogens is 1. The molecule has 1 fully saturated rings. The van der Waals surface area contributed by atoms with Crippen LogP contribution in [0.4, 0.5) is 5.69 Å². The van der Waals surface area contributed by atoms with Gasteiger partial charge in [0.05, 0.1) is 6.54 Å². The van der Waals surface area contributed by atoms with Crippen LogP contribution < -0.4 is 5.32 Å². The lowest BCUT2D eigenvalue weighted by Gasteiger charge is -2.34. The highest BCUT2D eigenvalue weighted by atomic mass is 35.5. The van der Waals surface area contributed by atoms with Crippen LogP contribution >= 0.6 is 11.6 Å².